The Hall–Kier alpha value is -2.10. The first-order valence-corrected chi connectivity index (χ1v) is 6.07. The van der Waals surface area contributed by atoms with Gasteiger partial charge in [0.2, 0.25) is 0 Å². The lowest BCUT2D eigenvalue weighted by atomic mass is 10.1. The molecule has 0 saturated heterocycles. The third-order valence-corrected chi connectivity index (χ3v) is 2.71. The predicted octanol–water partition coefficient (Wildman–Crippen LogP) is 3.56. The lowest BCUT2D eigenvalue weighted by molar-refractivity contribution is 0.294. The second-order valence-electron chi connectivity index (χ2n) is 4.27. The van der Waals surface area contributed by atoms with E-state index < -0.39 is 11.6 Å². The van der Waals surface area contributed by atoms with Gasteiger partial charge in [0.05, 0.1) is 6.61 Å². The largest absolute Gasteiger partial charge is 0.490 e. The monoisotopic (exact) mass is 263 g/mol. The predicted molar refractivity (Wildman–Crippen MR) is 71.0 cm³/mol. The van der Waals surface area contributed by atoms with Crippen molar-refractivity contribution in [3.05, 3.63) is 59.7 Å². The molecule has 2 rings (SSSR count). The Kier molecular flexibility index (Phi) is 4.34. The van der Waals surface area contributed by atoms with E-state index in [1.165, 1.54) is 0 Å². The highest BCUT2D eigenvalue weighted by Crippen LogP contribution is 2.18. The summed E-state index contributed by atoms with van der Waals surface area (Å²) in [6, 6.07) is 10.7. The summed E-state index contributed by atoms with van der Waals surface area (Å²) in [5.74, 6) is -1.11. The first-order valence-electron chi connectivity index (χ1n) is 6.07. The van der Waals surface area contributed by atoms with Crippen molar-refractivity contribution in [2.75, 3.05) is 12.3 Å². The molecule has 2 aromatic rings. The molecule has 0 fully saturated rings. The van der Waals surface area contributed by atoms with Crippen LogP contribution in [0.5, 0.6) is 5.75 Å². The van der Waals surface area contributed by atoms with E-state index in [-0.39, 0.29) is 5.75 Å². The minimum atomic E-state index is -0.551. The molecule has 0 aliphatic rings. The summed E-state index contributed by atoms with van der Waals surface area (Å²) in [6.45, 7) is 0.329. The van der Waals surface area contributed by atoms with Crippen LogP contribution in [0.4, 0.5) is 14.5 Å². The number of benzene rings is 2. The summed E-state index contributed by atoms with van der Waals surface area (Å²) in [6.07, 6.45) is 1.49. The van der Waals surface area contributed by atoms with Gasteiger partial charge in [-0.15, -0.1) is 0 Å². The van der Waals surface area contributed by atoms with Crippen LogP contribution in [0.25, 0.3) is 0 Å². The van der Waals surface area contributed by atoms with E-state index in [4.69, 9.17) is 10.5 Å². The fourth-order valence-electron chi connectivity index (χ4n) is 1.79. The van der Waals surface area contributed by atoms with E-state index in [1.807, 2.05) is 24.3 Å². The lowest BCUT2D eigenvalue weighted by Crippen LogP contribution is -2.01. The molecule has 0 aromatic heterocycles. The molecular weight excluding hydrogens is 248 g/mol. The van der Waals surface area contributed by atoms with E-state index in [1.54, 1.807) is 0 Å². The number of nitrogens with two attached hydrogens (primary N) is 1. The van der Waals surface area contributed by atoms with Crippen molar-refractivity contribution < 1.29 is 13.5 Å². The molecule has 0 aliphatic carbocycles. The number of nitrogen functional groups attached to an aromatic ring is 1. The Morgan fingerprint density at radius 3 is 2.68 bits per heavy atom. The molecule has 4 heteroatoms. The smallest absolute Gasteiger partial charge is 0.165 e. The number of anilines is 1. The average Bonchev–Trinajstić information content (AvgIpc) is 2.39. The molecular formula is C15H15F2NO. The molecule has 2 N–H and O–H groups in total. The fourth-order valence-corrected chi connectivity index (χ4v) is 1.79. The molecule has 2 nitrogen and oxygen atoms in total. The third kappa shape index (κ3) is 3.95. The van der Waals surface area contributed by atoms with E-state index in [2.05, 4.69) is 0 Å². The summed E-state index contributed by atoms with van der Waals surface area (Å²) in [5.41, 5.74) is 7.49. The summed E-state index contributed by atoms with van der Waals surface area (Å²) in [4.78, 5) is 0. The Morgan fingerprint density at radius 1 is 1.05 bits per heavy atom. The first-order chi connectivity index (χ1) is 9.15. The molecule has 0 aliphatic heterocycles. The highest BCUT2D eigenvalue weighted by Gasteiger charge is 2.04. The molecule has 0 unspecified atom stereocenters. The second-order valence-corrected chi connectivity index (χ2v) is 4.27. The number of halogens is 2. The molecule has 0 atom stereocenters. The number of hydrogen-bond donors (Lipinski definition) is 1. The van der Waals surface area contributed by atoms with Crippen LogP contribution in [0.1, 0.15) is 12.0 Å². The minimum Gasteiger partial charge on any atom is -0.490 e. The summed E-state index contributed by atoms with van der Waals surface area (Å²) in [5, 5.41) is 0. The van der Waals surface area contributed by atoms with Crippen LogP contribution < -0.4 is 10.5 Å². The van der Waals surface area contributed by atoms with Gasteiger partial charge < -0.3 is 10.5 Å². The molecule has 19 heavy (non-hydrogen) atoms. The quantitative estimate of drug-likeness (QED) is 0.661. The Morgan fingerprint density at radius 2 is 1.89 bits per heavy atom. The molecule has 100 valence electrons. The zero-order valence-corrected chi connectivity index (χ0v) is 10.4. The standard InChI is InChI=1S/C15H15F2NO/c16-12-6-7-14(17)15(10-12)19-8-2-4-11-3-1-5-13(18)9-11/h1,3,5-7,9-10H,2,4,8,18H2. The van der Waals surface area contributed by atoms with Gasteiger partial charge in [-0.2, -0.15) is 0 Å². The third-order valence-electron chi connectivity index (χ3n) is 2.71. The van der Waals surface area contributed by atoms with E-state index >= 15 is 0 Å². The van der Waals surface area contributed by atoms with Crippen molar-refractivity contribution in [1.29, 1.82) is 0 Å². The van der Waals surface area contributed by atoms with Crippen LogP contribution in [-0.4, -0.2) is 6.61 Å². The topological polar surface area (TPSA) is 35.2 Å². The number of aryl methyl sites for hydroxylation is 1. The van der Waals surface area contributed by atoms with Gasteiger partial charge in [0.15, 0.2) is 11.6 Å². The van der Waals surface area contributed by atoms with Gasteiger partial charge >= 0.3 is 0 Å². The highest BCUT2D eigenvalue weighted by atomic mass is 19.1. The molecule has 0 saturated carbocycles. The van der Waals surface area contributed by atoms with Gasteiger partial charge in [0.25, 0.3) is 0 Å². The first kappa shape index (κ1) is 13.3. The molecule has 2 aromatic carbocycles. The summed E-state index contributed by atoms with van der Waals surface area (Å²) >= 11 is 0. The Labute approximate surface area is 110 Å². The van der Waals surface area contributed by atoms with Gasteiger partial charge in [-0.05, 0) is 42.7 Å². The zero-order chi connectivity index (χ0) is 13.7. The average molecular weight is 263 g/mol. The van der Waals surface area contributed by atoms with Gasteiger partial charge in [0, 0.05) is 11.8 Å². The summed E-state index contributed by atoms with van der Waals surface area (Å²) in [7, 11) is 0. The Balaban J connectivity index is 1.82. The maximum atomic E-state index is 13.3. The van der Waals surface area contributed by atoms with Gasteiger partial charge in [-0.1, -0.05) is 12.1 Å². The SMILES string of the molecule is Nc1cccc(CCCOc2cc(F)ccc2F)c1. The van der Waals surface area contributed by atoms with Gasteiger partial charge in [-0.25, -0.2) is 8.78 Å². The lowest BCUT2D eigenvalue weighted by Gasteiger charge is -2.07. The normalized spacial score (nSPS) is 10.4. The van der Waals surface area contributed by atoms with E-state index in [0.29, 0.717) is 13.0 Å². The fraction of sp³-hybridized carbons (Fsp3) is 0.200. The van der Waals surface area contributed by atoms with Crippen LogP contribution >= 0.6 is 0 Å². The molecule has 0 heterocycles. The highest BCUT2D eigenvalue weighted by molar-refractivity contribution is 5.40. The van der Waals surface area contributed by atoms with Crippen LogP contribution in [0.15, 0.2) is 42.5 Å². The van der Waals surface area contributed by atoms with Crippen molar-refractivity contribution in [1.82, 2.24) is 0 Å². The molecule has 0 radical (unpaired) electrons. The van der Waals surface area contributed by atoms with E-state index in [0.717, 1.165) is 35.9 Å². The zero-order valence-electron chi connectivity index (χ0n) is 10.4. The maximum Gasteiger partial charge on any atom is 0.165 e. The number of hydrogen-bond acceptors (Lipinski definition) is 2. The van der Waals surface area contributed by atoms with Crippen molar-refractivity contribution in [3.8, 4) is 5.75 Å². The van der Waals surface area contributed by atoms with Crippen LogP contribution in [0.3, 0.4) is 0 Å². The van der Waals surface area contributed by atoms with Gasteiger partial charge in [-0.3, -0.25) is 0 Å². The van der Waals surface area contributed by atoms with Gasteiger partial charge in [0.1, 0.15) is 5.82 Å². The molecule has 0 amide bonds. The van der Waals surface area contributed by atoms with Crippen molar-refractivity contribution in [3.63, 3.8) is 0 Å². The van der Waals surface area contributed by atoms with Crippen molar-refractivity contribution in [2.24, 2.45) is 0 Å². The Bertz CT molecular complexity index is 558. The molecule has 0 bridgehead atoms. The molecule has 0 spiro atoms. The minimum absolute atomic E-state index is 0.0485. The van der Waals surface area contributed by atoms with Crippen LogP contribution in [0.2, 0.25) is 0 Å². The number of rotatable bonds is 5. The second kappa shape index (κ2) is 6.18. The van der Waals surface area contributed by atoms with E-state index in [9.17, 15) is 8.78 Å². The summed E-state index contributed by atoms with van der Waals surface area (Å²) < 4.78 is 31.4. The van der Waals surface area contributed by atoms with Crippen LogP contribution in [0, 0.1) is 11.6 Å². The number of ether oxygens (including phenoxy) is 1. The maximum absolute atomic E-state index is 13.3. The van der Waals surface area contributed by atoms with Crippen molar-refractivity contribution in [2.45, 2.75) is 12.8 Å². The van der Waals surface area contributed by atoms with Crippen LogP contribution in [-0.2, 0) is 6.42 Å². The van der Waals surface area contributed by atoms with Crippen molar-refractivity contribution >= 4 is 5.69 Å².